The molecule has 0 heterocycles. The Morgan fingerprint density at radius 1 is 1.67 bits per heavy atom. The molecular weight excluding hydrogens is 101 g/mol. The normalized spacial score (nSPS) is 4.17. The van der Waals surface area contributed by atoms with Gasteiger partial charge in [-0.1, -0.05) is 6.58 Å². The van der Waals surface area contributed by atoms with E-state index < -0.39 is 0 Å². The van der Waals surface area contributed by atoms with E-state index in [2.05, 4.69) is 6.58 Å². The second-order valence-electron chi connectivity index (χ2n) is 0.846. The molecule has 0 bridgehead atoms. The summed E-state index contributed by atoms with van der Waals surface area (Å²) in [5, 5.41) is 0. The van der Waals surface area contributed by atoms with Crippen molar-refractivity contribution in [2.75, 3.05) is 0 Å². The van der Waals surface area contributed by atoms with E-state index in [-0.39, 0.29) is 17.9 Å². The summed E-state index contributed by atoms with van der Waals surface area (Å²) in [5.74, 6) is 0. The van der Waals surface area contributed by atoms with Crippen LogP contribution < -0.4 is 5.73 Å². The van der Waals surface area contributed by atoms with Crippen LogP contribution in [0.3, 0.4) is 0 Å². The van der Waals surface area contributed by atoms with Crippen LogP contribution in [0.25, 0.3) is 0 Å². The van der Waals surface area contributed by atoms with Gasteiger partial charge in [-0.3, -0.25) is 0 Å². The molecule has 3 heteroatoms. The summed E-state index contributed by atoms with van der Waals surface area (Å²) >= 11 is 0. The smallest absolute Gasteiger partial charge is 0.00242 e. The van der Waals surface area contributed by atoms with Gasteiger partial charge in [0.1, 0.15) is 0 Å². The summed E-state index contributed by atoms with van der Waals surface area (Å²) in [6, 6.07) is 0. The van der Waals surface area contributed by atoms with Crippen molar-refractivity contribution in [3.8, 4) is 0 Å². The molecule has 0 saturated carbocycles. The summed E-state index contributed by atoms with van der Waals surface area (Å²) in [4.78, 5) is 0. The molecule has 4 N–H and O–H groups in total. The SMILES string of the molecule is C=C(C)N.Cl.O. The lowest BCUT2D eigenvalue weighted by Crippen LogP contribution is -1.83. The van der Waals surface area contributed by atoms with E-state index in [0.717, 1.165) is 0 Å². The van der Waals surface area contributed by atoms with E-state index in [1.165, 1.54) is 0 Å². The molecule has 0 aliphatic carbocycles. The third-order valence-electron chi connectivity index (χ3n) is 0. The highest BCUT2D eigenvalue weighted by Gasteiger charge is 1.50. The first-order chi connectivity index (χ1) is 1.73. The topological polar surface area (TPSA) is 57.5 Å². The van der Waals surface area contributed by atoms with Gasteiger partial charge < -0.3 is 11.2 Å². The minimum atomic E-state index is 0. The molecule has 0 aliphatic heterocycles. The monoisotopic (exact) mass is 111 g/mol. The predicted molar refractivity (Wildman–Crippen MR) is 29.9 cm³/mol. The van der Waals surface area contributed by atoms with E-state index >= 15 is 0 Å². The number of nitrogens with two attached hydrogens (primary N) is 1. The van der Waals surface area contributed by atoms with E-state index in [4.69, 9.17) is 5.73 Å². The maximum atomic E-state index is 4.92. The Hall–Kier alpha value is -0.210. The fourth-order valence-corrected chi connectivity index (χ4v) is 0. The third kappa shape index (κ3) is 669. The number of hydrogen-bond donors (Lipinski definition) is 1. The van der Waals surface area contributed by atoms with Crippen LogP contribution in [0, 0.1) is 0 Å². The molecule has 0 aromatic rings. The van der Waals surface area contributed by atoms with Gasteiger partial charge in [-0.25, -0.2) is 0 Å². The fourth-order valence-electron chi connectivity index (χ4n) is 0. The highest BCUT2D eigenvalue weighted by molar-refractivity contribution is 5.85. The van der Waals surface area contributed by atoms with Crippen molar-refractivity contribution in [3.05, 3.63) is 12.3 Å². The Labute approximate surface area is 43.8 Å². The molecule has 0 rings (SSSR count). The van der Waals surface area contributed by atoms with E-state index in [0.29, 0.717) is 5.70 Å². The minimum Gasteiger partial charge on any atom is -0.412 e. The first kappa shape index (κ1) is 17.1. The van der Waals surface area contributed by atoms with Crippen molar-refractivity contribution in [2.24, 2.45) is 5.73 Å². The van der Waals surface area contributed by atoms with Crippen LogP contribution in [0.1, 0.15) is 6.92 Å². The van der Waals surface area contributed by atoms with Gasteiger partial charge >= 0.3 is 0 Å². The van der Waals surface area contributed by atoms with Crippen LogP contribution in [-0.2, 0) is 0 Å². The van der Waals surface area contributed by atoms with Gasteiger partial charge in [-0.15, -0.1) is 12.4 Å². The van der Waals surface area contributed by atoms with Crippen LogP contribution in [0.15, 0.2) is 12.3 Å². The van der Waals surface area contributed by atoms with Gasteiger partial charge in [0.15, 0.2) is 0 Å². The van der Waals surface area contributed by atoms with E-state index in [1.807, 2.05) is 0 Å². The van der Waals surface area contributed by atoms with Gasteiger partial charge in [-0.05, 0) is 12.6 Å². The van der Waals surface area contributed by atoms with Crippen LogP contribution >= 0.6 is 12.4 Å². The molecule has 0 aromatic carbocycles. The Bertz CT molecular complexity index is 33.8. The van der Waals surface area contributed by atoms with E-state index in [9.17, 15) is 0 Å². The average Bonchev–Trinajstić information content (AvgIpc) is 0.811. The molecule has 0 unspecified atom stereocenters. The first-order valence-corrected chi connectivity index (χ1v) is 1.14. The van der Waals surface area contributed by atoms with Gasteiger partial charge in [0.25, 0.3) is 0 Å². The summed E-state index contributed by atoms with van der Waals surface area (Å²) in [6.45, 7) is 5.08. The van der Waals surface area contributed by atoms with Crippen molar-refractivity contribution in [2.45, 2.75) is 6.92 Å². The van der Waals surface area contributed by atoms with Crippen molar-refractivity contribution in [1.82, 2.24) is 0 Å². The minimum absolute atomic E-state index is 0. The lowest BCUT2D eigenvalue weighted by atomic mass is 10.6. The molecule has 0 fully saturated rings. The van der Waals surface area contributed by atoms with Crippen LogP contribution in [0.2, 0.25) is 0 Å². The molecule has 6 heavy (non-hydrogen) atoms. The molecule has 0 aromatic heterocycles. The van der Waals surface area contributed by atoms with Gasteiger partial charge in [0.2, 0.25) is 0 Å². The van der Waals surface area contributed by atoms with Crippen LogP contribution in [0.5, 0.6) is 0 Å². The van der Waals surface area contributed by atoms with Crippen molar-refractivity contribution in [1.29, 1.82) is 0 Å². The first-order valence-electron chi connectivity index (χ1n) is 1.14. The van der Waals surface area contributed by atoms with E-state index in [1.54, 1.807) is 6.92 Å². The molecule has 2 nitrogen and oxygen atoms in total. The lowest BCUT2D eigenvalue weighted by molar-refractivity contribution is 0.824. The molecule has 0 radical (unpaired) electrons. The Morgan fingerprint density at radius 2 is 1.67 bits per heavy atom. The average molecular weight is 112 g/mol. The van der Waals surface area contributed by atoms with Crippen LogP contribution in [0.4, 0.5) is 0 Å². The largest absolute Gasteiger partial charge is 0.412 e. The summed E-state index contributed by atoms with van der Waals surface area (Å²) in [5.41, 5.74) is 5.58. The zero-order valence-corrected chi connectivity index (χ0v) is 4.51. The molecule has 40 valence electrons. The van der Waals surface area contributed by atoms with Gasteiger partial charge in [-0.2, -0.15) is 0 Å². The maximum Gasteiger partial charge on any atom is -0.00242 e. The zero-order valence-electron chi connectivity index (χ0n) is 3.69. The summed E-state index contributed by atoms with van der Waals surface area (Å²) < 4.78 is 0. The molecular formula is C3H10ClNO. The molecule has 0 spiro atoms. The summed E-state index contributed by atoms with van der Waals surface area (Å²) in [6.07, 6.45) is 0. The quantitative estimate of drug-likeness (QED) is 0.473. The standard InChI is InChI=1S/C3H7N.ClH.H2O/c1-3(2)4;;/h1,4H2,2H3;1H;1H2. The zero-order chi connectivity index (χ0) is 3.58. The molecule has 0 saturated heterocycles. The highest BCUT2D eigenvalue weighted by Crippen LogP contribution is 1.58. The van der Waals surface area contributed by atoms with Gasteiger partial charge in [0.05, 0.1) is 0 Å². The third-order valence-corrected chi connectivity index (χ3v) is 0. The maximum absolute atomic E-state index is 4.92. The number of halogens is 1. The van der Waals surface area contributed by atoms with Crippen LogP contribution in [-0.4, -0.2) is 5.48 Å². The Balaban J connectivity index is -0.0000000450. The van der Waals surface area contributed by atoms with Crippen molar-refractivity contribution >= 4 is 12.4 Å². The molecule has 0 atom stereocenters. The predicted octanol–water partition coefficient (Wildman–Crippen LogP) is 0.0758. The number of allylic oxidation sites excluding steroid dienone is 1. The Morgan fingerprint density at radius 3 is 1.67 bits per heavy atom. The second-order valence-corrected chi connectivity index (χ2v) is 0.846. The summed E-state index contributed by atoms with van der Waals surface area (Å²) in [7, 11) is 0. The second kappa shape index (κ2) is 8.84. The van der Waals surface area contributed by atoms with Crippen molar-refractivity contribution in [3.63, 3.8) is 0 Å². The molecule has 0 amide bonds. The highest BCUT2D eigenvalue weighted by atomic mass is 35.5. The number of rotatable bonds is 0. The number of hydrogen-bond acceptors (Lipinski definition) is 1. The Kier molecular flexibility index (Phi) is 25.1. The molecule has 0 aliphatic rings. The van der Waals surface area contributed by atoms with Crippen molar-refractivity contribution < 1.29 is 5.48 Å². The fraction of sp³-hybridized carbons (Fsp3) is 0.333. The van der Waals surface area contributed by atoms with Gasteiger partial charge in [0, 0.05) is 0 Å². The lowest BCUT2D eigenvalue weighted by Gasteiger charge is -1.69.